The average Bonchev–Trinajstić information content (AvgIpc) is 3.09. The Kier molecular flexibility index (Phi) is 6.21. The predicted octanol–water partition coefficient (Wildman–Crippen LogP) is 4.87. The van der Waals surface area contributed by atoms with Crippen LogP contribution in [0.25, 0.3) is 0 Å². The van der Waals surface area contributed by atoms with Crippen molar-refractivity contribution in [1.82, 2.24) is 10.7 Å². The van der Waals surface area contributed by atoms with Gasteiger partial charge in [0, 0.05) is 26.9 Å². The van der Waals surface area contributed by atoms with Crippen molar-refractivity contribution in [2.75, 3.05) is 5.32 Å². The lowest BCUT2D eigenvalue weighted by Crippen LogP contribution is -2.40. The molecule has 0 radical (unpaired) electrons. The lowest BCUT2D eigenvalue weighted by molar-refractivity contribution is 0.0947. The van der Waals surface area contributed by atoms with E-state index in [4.69, 9.17) is 23.2 Å². The lowest BCUT2D eigenvalue weighted by atomic mass is 10.1. The second-order valence-electron chi connectivity index (χ2n) is 6.97. The molecule has 1 atom stereocenters. The molecule has 0 heterocycles. The van der Waals surface area contributed by atoms with Gasteiger partial charge in [0.15, 0.2) is 0 Å². The summed E-state index contributed by atoms with van der Waals surface area (Å²) in [4.78, 5) is 25.0. The summed E-state index contributed by atoms with van der Waals surface area (Å²) in [5, 5.41) is 11.0. The Hall–Kier alpha value is -3.35. The van der Waals surface area contributed by atoms with Gasteiger partial charge in [0.2, 0.25) is 0 Å². The number of carbonyl (C=O) groups is 2. The van der Waals surface area contributed by atoms with E-state index in [1.54, 1.807) is 48.5 Å². The third kappa shape index (κ3) is 5.05. The summed E-state index contributed by atoms with van der Waals surface area (Å²) in [6.45, 7) is 0. The van der Waals surface area contributed by atoms with E-state index < -0.39 is 12.1 Å². The predicted molar refractivity (Wildman–Crippen MR) is 123 cm³/mol. The van der Waals surface area contributed by atoms with E-state index in [-0.39, 0.29) is 5.91 Å². The van der Waals surface area contributed by atoms with Gasteiger partial charge in [0.1, 0.15) is 0 Å². The quantitative estimate of drug-likeness (QED) is 0.493. The van der Waals surface area contributed by atoms with E-state index in [0.717, 1.165) is 11.1 Å². The zero-order valence-corrected chi connectivity index (χ0v) is 17.7. The molecule has 6 nitrogen and oxygen atoms in total. The van der Waals surface area contributed by atoms with Crippen LogP contribution in [-0.4, -0.2) is 23.7 Å². The summed E-state index contributed by atoms with van der Waals surface area (Å²) in [5.74, 6) is -0.267. The highest BCUT2D eigenvalue weighted by atomic mass is 35.5. The Morgan fingerprint density at radius 2 is 1.65 bits per heavy atom. The van der Waals surface area contributed by atoms with Gasteiger partial charge in [-0.2, -0.15) is 5.10 Å². The SMILES string of the molecule is O=C(N/N=C1\c2ccccc2CC1NC(=O)c1cccc(Cl)c1)Nc1cccc(Cl)c1. The van der Waals surface area contributed by atoms with Crippen LogP contribution in [0, 0.1) is 0 Å². The Morgan fingerprint density at radius 1 is 0.903 bits per heavy atom. The molecule has 0 aromatic heterocycles. The van der Waals surface area contributed by atoms with Crippen molar-refractivity contribution in [3.05, 3.63) is 99.5 Å². The second kappa shape index (κ2) is 9.20. The van der Waals surface area contributed by atoms with Gasteiger partial charge < -0.3 is 10.6 Å². The molecular formula is C23H18Cl2N4O2. The Balaban J connectivity index is 1.52. The van der Waals surface area contributed by atoms with E-state index in [9.17, 15) is 9.59 Å². The number of benzene rings is 3. The molecule has 3 aromatic carbocycles. The van der Waals surface area contributed by atoms with Crippen LogP contribution < -0.4 is 16.1 Å². The fraction of sp³-hybridized carbons (Fsp3) is 0.0870. The van der Waals surface area contributed by atoms with Crippen LogP contribution in [0.5, 0.6) is 0 Å². The van der Waals surface area contributed by atoms with Gasteiger partial charge in [-0.05, 0) is 48.4 Å². The first kappa shape index (κ1) is 20.9. The van der Waals surface area contributed by atoms with Crippen LogP contribution >= 0.6 is 23.2 Å². The van der Waals surface area contributed by atoms with Gasteiger partial charge in [-0.3, -0.25) is 4.79 Å². The second-order valence-corrected chi connectivity index (χ2v) is 7.84. The summed E-state index contributed by atoms with van der Waals surface area (Å²) in [5.41, 5.74) is 6.00. The number of urea groups is 1. The van der Waals surface area contributed by atoms with Crippen molar-refractivity contribution >= 4 is 46.5 Å². The summed E-state index contributed by atoms with van der Waals surface area (Å²) in [7, 11) is 0. The van der Waals surface area contributed by atoms with Crippen LogP contribution in [0.2, 0.25) is 10.0 Å². The minimum Gasteiger partial charge on any atom is -0.343 e. The number of nitrogens with zero attached hydrogens (tertiary/aromatic N) is 1. The normalized spacial score (nSPS) is 15.9. The maximum atomic E-state index is 12.7. The highest BCUT2D eigenvalue weighted by Crippen LogP contribution is 2.23. The van der Waals surface area contributed by atoms with Crippen LogP contribution in [-0.2, 0) is 6.42 Å². The molecule has 0 saturated carbocycles. The molecule has 0 spiro atoms. The number of hydrogen-bond acceptors (Lipinski definition) is 3. The number of carbonyl (C=O) groups excluding carboxylic acids is 2. The molecule has 0 fully saturated rings. The number of anilines is 1. The van der Waals surface area contributed by atoms with Crippen molar-refractivity contribution in [1.29, 1.82) is 0 Å². The largest absolute Gasteiger partial charge is 0.343 e. The third-order valence-corrected chi connectivity index (χ3v) is 5.27. The van der Waals surface area contributed by atoms with Gasteiger partial charge in [0.25, 0.3) is 5.91 Å². The summed E-state index contributed by atoms with van der Waals surface area (Å²) in [6, 6.07) is 20.3. The van der Waals surface area contributed by atoms with E-state index in [1.807, 2.05) is 24.3 Å². The van der Waals surface area contributed by atoms with E-state index in [2.05, 4.69) is 21.2 Å². The number of fused-ring (bicyclic) bond motifs is 1. The lowest BCUT2D eigenvalue weighted by Gasteiger charge is -2.14. The molecule has 1 aliphatic rings. The number of amides is 3. The van der Waals surface area contributed by atoms with Gasteiger partial charge in [0.05, 0.1) is 11.8 Å². The van der Waals surface area contributed by atoms with Crippen molar-refractivity contribution in [3.63, 3.8) is 0 Å². The topological polar surface area (TPSA) is 82.6 Å². The molecule has 8 heteroatoms. The maximum absolute atomic E-state index is 12.7. The first-order valence-electron chi connectivity index (χ1n) is 9.54. The monoisotopic (exact) mass is 452 g/mol. The summed E-state index contributed by atoms with van der Waals surface area (Å²) < 4.78 is 0. The van der Waals surface area contributed by atoms with Crippen LogP contribution in [0.3, 0.4) is 0 Å². The smallest absolute Gasteiger partial charge is 0.339 e. The average molecular weight is 453 g/mol. The minimum absolute atomic E-state index is 0.267. The number of rotatable bonds is 4. The molecule has 3 aromatic rings. The number of halogens is 2. The Morgan fingerprint density at radius 3 is 2.42 bits per heavy atom. The molecule has 4 rings (SSSR count). The number of nitrogens with one attached hydrogen (secondary N) is 3. The summed E-state index contributed by atoms with van der Waals surface area (Å²) >= 11 is 11.9. The molecule has 3 amide bonds. The van der Waals surface area contributed by atoms with Crippen LogP contribution in [0.4, 0.5) is 10.5 Å². The summed E-state index contributed by atoms with van der Waals surface area (Å²) in [6.07, 6.45) is 0.568. The van der Waals surface area contributed by atoms with Crippen molar-refractivity contribution in [2.45, 2.75) is 12.5 Å². The Bertz CT molecular complexity index is 1180. The highest BCUT2D eigenvalue weighted by molar-refractivity contribution is 6.31. The standard InChI is InChI=1S/C23H18Cl2N4O2/c24-16-7-3-6-15(11-16)22(30)27-20-12-14-5-1-2-10-19(14)21(20)28-29-23(31)26-18-9-4-8-17(25)13-18/h1-11,13,20H,12H2,(H,27,30)(H2,26,29,31)/b28-21+. The molecule has 31 heavy (non-hydrogen) atoms. The van der Waals surface area contributed by atoms with Crippen LogP contribution in [0.15, 0.2) is 77.9 Å². The molecule has 1 unspecified atom stereocenters. The van der Waals surface area contributed by atoms with Crippen molar-refractivity contribution in [2.24, 2.45) is 5.10 Å². The molecule has 0 aliphatic heterocycles. The van der Waals surface area contributed by atoms with E-state index >= 15 is 0 Å². The van der Waals surface area contributed by atoms with Gasteiger partial charge in [-0.15, -0.1) is 0 Å². The van der Waals surface area contributed by atoms with Crippen molar-refractivity contribution in [3.8, 4) is 0 Å². The maximum Gasteiger partial charge on any atom is 0.339 e. The molecule has 1 aliphatic carbocycles. The molecule has 0 bridgehead atoms. The van der Waals surface area contributed by atoms with Crippen molar-refractivity contribution < 1.29 is 9.59 Å². The van der Waals surface area contributed by atoms with Crippen LogP contribution in [0.1, 0.15) is 21.5 Å². The molecule has 156 valence electrons. The van der Waals surface area contributed by atoms with E-state index in [0.29, 0.717) is 33.4 Å². The van der Waals surface area contributed by atoms with Gasteiger partial charge in [-0.25, -0.2) is 10.2 Å². The zero-order valence-electron chi connectivity index (χ0n) is 16.2. The molecule has 0 saturated heterocycles. The van der Waals surface area contributed by atoms with Gasteiger partial charge in [-0.1, -0.05) is 59.6 Å². The zero-order chi connectivity index (χ0) is 21.8. The third-order valence-electron chi connectivity index (χ3n) is 4.80. The Labute approximate surface area is 189 Å². The van der Waals surface area contributed by atoms with Gasteiger partial charge >= 0.3 is 6.03 Å². The van der Waals surface area contributed by atoms with E-state index in [1.165, 1.54) is 0 Å². The first-order chi connectivity index (χ1) is 15.0. The first-order valence-corrected chi connectivity index (χ1v) is 10.3. The minimum atomic E-state index is -0.515. The fourth-order valence-corrected chi connectivity index (χ4v) is 3.80. The fourth-order valence-electron chi connectivity index (χ4n) is 3.42. The number of hydrazone groups is 1. The number of hydrogen-bond donors (Lipinski definition) is 3. The molecular weight excluding hydrogens is 435 g/mol. The highest BCUT2D eigenvalue weighted by Gasteiger charge is 2.30. The molecule has 3 N–H and O–H groups in total.